The first-order valence-corrected chi connectivity index (χ1v) is 8.35. The number of esters is 1. The van der Waals surface area contributed by atoms with Gasteiger partial charge in [0.1, 0.15) is 5.56 Å². The van der Waals surface area contributed by atoms with Crippen molar-refractivity contribution in [2.24, 2.45) is 5.92 Å². The Labute approximate surface area is 141 Å². The van der Waals surface area contributed by atoms with Gasteiger partial charge in [0.2, 0.25) is 5.92 Å². The van der Waals surface area contributed by atoms with Crippen LogP contribution in [0.4, 0.5) is 22.0 Å². The minimum atomic E-state index is -4.75. The van der Waals surface area contributed by atoms with Gasteiger partial charge in [0, 0.05) is 25.3 Å². The van der Waals surface area contributed by atoms with Crippen LogP contribution in [0, 0.1) is 5.92 Å². The van der Waals surface area contributed by atoms with Crippen molar-refractivity contribution in [1.82, 2.24) is 9.78 Å². The largest absolute Gasteiger partial charge is 0.461 e. The monoisotopic (exact) mass is 366 g/mol. The summed E-state index contributed by atoms with van der Waals surface area (Å²) < 4.78 is 73.2. The molecule has 0 N–H and O–H groups in total. The number of hydrogen-bond donors (Lipinski definition) is 0. The lowest BCUT2D eigenvalue weighted by Gasteiger charge is -2.14. The molecule has 9 heteroatoms. The van der Waals surface area contributed by atoms with Crippen LogP contribution in [-0.2, 0) is 17.5 Å². The van der Waals surface area contributed by atoms with Crippen molar-refractivity contribution in [3.8, 4) is 0 Å². The Morgan fingerprint density at radius 1 is 1.32 bits per heavy atom. The van der Waals surface area contributed by atoms with Gasteiger partial charge in [0.25, 0.3) is 0 Å². The lowest BCUT2D eigenvalue weighted by Crippen LogP contribution is -2.21. The molecule has 2 fully saturated rings. The van der Waals surface area contributed by atoms with Crippen LogP contribution in [0.3, 0.4) is 0 Å². The van der Waals surface area contributed by atoms with E-state index in [1.54, 1.807) is 0 Å². The number of aromatic nitrogens is 2. The smallest absolute Gasteiger partial charge is 0.420 e. The molecule has 140 valence electrons. The predicted octanol–water partition coefficient (Wildman–Crippen LogP) is 4.39. The van der Waals surface area contributed by atoms with E-state index in [-0.39, 0.29) is 37.6 Å². The van der Waals surface area contributed by atoms with Crippen molar-refractivity contribution in [1.29, 1.82) is 0 Å². The third-order valence-electron chi connectivity index (χ3n) is 4.63. The molecule has 1 aromatic heterocycles. The Bertz CT molecular complexity index is 664. The summed E-state index contributed by atoms with van der Waals surface area (Å²) >= 11 is 0. The number of hydrogen-bond acceptors (Lipinski definition) is 3. The molecule has 3 rings (SSSR count). The summed E-state index contributed by atoms with van der Waals surface area (Å²) in [6, 6.07) is 0. The number of alkyl halides is 5. The first-order chi connectivity index (χ1) is 11.6. The standard InChI is InChI=1S/C16H19F5N2O2/c1-2-25-14(24)13-11(16(19,20)21)12(10-3-4-10)22-23(13)8-9-5-6-15(17,18)7-9/h9-10H,2-8H2,1H3/t9-/m0/s1. The van der Waals surface area contributed by atoms with Crippen molar-refractivity contribution in [2.45, 2.75) is 63.6 Å². The molecule has 1 aromatic rings. The normalized spacial score (nSPS) is 23.0. The Balaban J connectivity index is 2.00. The molecule has 0 saturated heterocycles. The van der Waals surface area contributed by atoms with Crippen molar-refractivity contribution >= 4 is 5.97 Å². The fourth-order valence-electron chi connectivity index (χ4n) is 3.38. The van der Waals surface area contributed by atoms with Gasteiger partial charge in [-0.15, -0.1) is 0 Å². The van der Waals surface area contributed by atoms with E-state index in [2.05, 4.69) is 5.10 Å². The van der Waals surface area contributed by atoms with E-state index in [0.717, 1.165) is 4.68 Å². The number of rotatable bonds is 5. The van der Waals surface area contributed by atoms with Crippen LogP contribution in [-0.4, -0.2) is 28.3 Å². The Morgan fingerprint density at radius 3 is 2.48 bits per heavy atom. The van der Waals surface area contributed by atoms with E-state index in [0.29, 0.717) is 12.8 Å². The molecule has 0 unspecified atom stereocenters. The molecule has 25 heavy (non-hydrogen) atoms. The third-order valence-corrected chi connectivity index (χ3v) is 4.63. The summed E-state index contributed by atoms with van der Waals surface area (Å²) in [6.07, 6.45) is -4.12. The summed E-state index contributed by atoms with van der Waals surface area (Å²) in [4.78, 5) is 12.2. The highest BCUT2D eigenvalue weighted by Crippen LogP contribution is 2.47. The van der Waals surface area contributed by atoms with Gasteiger partial charge in [-0.25, -0.2) is 13.6 Å². The Hall–Kier alpha value is -1.67. The molecule has 1 heterocycles. The molecule has 2 aliphatic rings. The lowest BCUT2D eigenvalue weighted by atomic mass is 10.1. The quantitative estimate of drug-likeness (QED) is 0.573. The minimum absolute atomic E-state index is 0.0818. The van der Waals surface area contributed by atoms with Crippen LogP contribution in [0.1, 0.15) is 66.7 Å². The fraction of sp³-hybridized carbons (Fsp3) is 0.750. The van der Waals surface area contributed by atoms with Crippen molar-refractivity contribution in [3.63, 3.8) is 0 Å². The molecular weight excluding hydrogens is 347 g/mol. The van der Waals surface area contributed by atoms with Gasteiger partial charge < -0.3 is 4.74 Å². The summed E-state index contributed by atoms with van der Waals surface area (Å²) in [7, 11) is 0. The van der Waals surface area contributed by atoms with Crippen LogP contribution < -0.4 is 0 Å². The maximum atomic E-state index is 13.6. The number of halogens is 5. The molecule has 0 bridgehead atoms. The maximum absolute atomic E-state index is 13.6. The van der Waals surface area contributed by atoms with Gasteiger partial charge in [-0.05, 0) is 32.1 Å². The second kappa shape index (κ2) is 6.25. The Morgan fingerprint density at radius 2 is 2.00 bits per heavy atom. The predicted molar refractivity (Wildman–Crippen MR) is 77.4 cm³/mol. The van der Waals surface area contributed by atoms with Gasteiger partial charge >= 0.3 is 12.1 Å². The zero-order valence-electron chi connectivity index (χ0n) is 13.7. The van der Waals surface area contributed by atoms with Crippen LogP contribution in [0.15, 0.2) is 0 Å². The lowest BCUT2D eigenvalue weighted by molar-refractivity contribution is -0.138. The molecule has 0 aromatic carbocycles. The van der Waals surface area contributed by atoms with Gasteiger partial charge in [-0.2, -0.15) is 18.3 Å². The number of carbonyl (C=O) groups is 1. The molecular formula is C16H19F5N2O2. The molecule has 0 amide bonds. The van der Waals surface area contributed by atoms with Crippen molar-refractivity contribution in [2.75, 3.05) is 6.61 Å². The SMILES string of the molecule is CCOC(=O)c1c(C(F)(F)F)c(C2CC2)nn1C[C@H]1CCC(F)(F)C1. The molecule has 0 radical (unpaired) electrons. The van der Waals surface area contributed by atoms with Gasteiger partial charge in [-0.1, -0.05) is 0 Å². The van der Waals surface area contributed by atoms with Crippen LogP contribution in [0.25, 0.3) is 0 Å². The average Bonchev–Trinajstić information content (AvgIpc) is 3.17. The summed E-state index contributed by atoms with van der Waals surface area (Å²) in [5.74, 6) is -4.78. The van der Waals surface area contributed by atoms with E-state index < -0.39 is 41.7 Å². The topological polar surface area (TPSA) is 44.1 Å². The first-order valence-electron chi connectivity index (χ1n) is 8.35. The zero-order valence-corrected chi connectivity index (χ0v) is 13.7. The third kappa shape index (κ3) is 3.79. The van der Waals surface area contributed by atoms with Gasteiger partial charge in [0.15, 0.2) is 5.69 Å². The number of carbonyl (C=O) groups excluding carboxylic acids is 1. The molecule has 4 nitrogen and oxygen atoms in total. The minimum Gasteiger partial charge on any atom is -0.461 e. The van der Waals surface area contributed by atoms with Crippen LogP contribution in [0.2, 0.25) is 0 Å². The summed E-state index contributed by atoms with van der Waals surface area (Å²) in [5.41, 5.74) is -1.90. The molecule has 0 spiro atoms. The van der Waals surface area contributed by atoms with Crippen molar-refractivity contribution < 1.29 is 31.5 Å². The second-order valence-corrected chi connectivity index (χ2v) is 6.75. The molecule has 1 atom stereocenters. The summed E-state index contributed by atoms with van der Waals surface area (Å²) in [6.45, 7) is 1.27. The van der Waals surface area contributed by atoms with E-state index in [1.807, 2.05) is 0 Å². The Kier molecular flexibility index (Phi) is 4.53. The van der Waals surface area contributed by atoms with Gasteiger partial charge in [-0.3, -0.25) is 4.68 Å². The average molecular weight is 366 g/mol. The van der Waals surface area contributed by atoms with Crippen LogP contribution in [0.5, 0.6) is 0 Å². The van der Waals surface area contributed by atoms with Gasteiger partial charge in [0.05, 0.1) is 12.3 Å². The molecule has 2 saturated carbocycles. The van der Waals surface area contributed by atoms with E-state index in [4.69, 9.17) is 4.74 Å². The fourth-order valence-corrected chi connectivity index (χ4v) is 3.38. The van der Waals surface area contributed by atoms with E-state index in [9.17, 15) is 26.7 Å². The van der Waals surface area contributed by atoms with Crippen molar-refractivity contribution in [3.05, 3.63) is 17.0 Å². The maximum Gasteiger partial charge on any atom is 0.420 e. The molecule has 0 aliphatic heterocycles. The zero-order chi connectivity index (χ0) is 18.4. The van der Waals surface area contributed by atoms with E-state index >= 15 is 0 Å². The second-order valence-electron chi connectivity index (χ2n) is 6.75. The number of ether oxygens (including phenoxy) is 1. The van der Waals surface area contributed by atoms with Crippen LogP contribution >= 0.6 is 0 Å². The highest BCUT2D eigenvalue weighted by Gasteiger charge is 2.47. The van der Waals surface area contributed by atoms with E-state index in [1.165, 1.54) is 6.92 Å². The summed E-state index contributed by atoms with van der Waals surface area (Å²) in [5, 5.41) is 4.00. The molecule has 2 aliphatic carbocycles. The number of nitrogens with zero attached hydrogens (tertiary/aromatic N) is 2. The highest BCUT2D eigenvalue weighted by molar-refractivity contribution is 5.90. The first kappa shape index (κ1) is 18.1. The highest BCUT2D eigenvalue weighted by atomic mass is 19.4.